The number of oxime groups is 1. The second-order valence-electron chi connectivity index (χ2n) is 3.80. The third-order valence-corrected chi connectivity index (χ3v) is 4.88. The summed E-state index contributed by atoms with van der Waals surface area (Å²) < 4.78 is 7.60. The molecule has 0 aliphatic rings. The molecule has 0 bridgehead atoms. The van der Waals surface area contributed by atoms with Crippen LogP contribution in [-0.2, 0) is 9.57 Å². The Morgan fingerprint density at radius 2 is 2.35 bits per heavy atom. The average molecular weight is 313 g/mol. The van der Waals surface area contributed by atoms with Gasteiger partial charge >= 0.3 is 5.97 Å². The Bertz CT molecular complexity index is 660. The van der Waals surface area contributed by atoms with Crippen LogP contribution in [0.15, 0.2) is 9.36 Å². The van der Waals surface area contributed by atoms with Crippen molar-refractivity contribution >= 4 is 40.1 Å². The van der Waals surface area contributed by atoms with Gasteiger partial charge in [0, 0.05) is 0 Å². The highest BCUT2D eigenvalue weighted by atomic mass is 32.2. The number of hydrogen-bond donors (Lipinski definition) is 0. The third-order valence-electron chi connectivity index (χ3n) is 2.60. The SMILES string of the molecule is CCOC(=O)c1c(SC)sc2c(/C=N/OC)c(C)nn12. The number of esters is 1. The standard InChI is InChI=1S/C12H15N3O3S2/c1-5-18-11(16)9-12(19-4)20-10-8(6-13-17-3)7(2)14-15(9)10/h6H,5H2,1-4H3/b13-6+. The van der Waals surface area contributed by atoms with Crippen molar-refractivity contribution in [2.75, 3.05) is 20.0 Å². The zero-order valence-electron chi connectivity index (χ0n) is 11.7. The highest BCUT2D eigenvalue weighted by Crippen LogP contribution is 2.33. The van der Waals surface area contributed by atoms with Crippen LogP contribution in [0, 0.1) is 6.92 Å². The summed E-state index contributed by atoms with van der Waals surface area (Å²) in [7, 11) is 1.48. The molecule has 0 spiro atoms. The van der Waals surface area contributed by atoms with Crippen LogP contribution in [0.25, 0.3) is 4.83 Å². The van der Waals surface area contributed by atoms with Gasteiger partial charge in [0.05, 0.1) is 28.3 Å². The molecule has 0 N–H and O–H groups in total. The van der Waals surface area contributed by atoms with Crippen molar-refractivity contribution < 1.29 is 14.4 Å². The van der Waals surface area contributed by atoms with Gasteiger partial charge < -0.3 is 9.57 Å². The lowest BCUT2D eigenvalue weighted by atomic mass is 10.3. The van der Waals surface area contributed by atoms with E-state index in [4.69, 9.17) is 9.57 Å². The lowest BCUT2D eigenvalue weighted by molar-refractivity contribution is 0.0513. The van der Waals surface area contributed by atoms with Gasteiger partial charge in [-0.3, -0.25) is 0 Å². The Kier molecular flexibility index (Phi) is 4.66. The number of rotatable bonds is 5. The molecule has 8 heteroatoms. The molecule has 0 saturated heterocycles. The summed E-state index contributed by atoms with van der Waals surface area (Å²) in [5.74, 6) is -0.360. The number of carbonyl (C=O) groups excluding carboxylic acids is 1. The monoisotopic (exact) mass is 313 g/mol. The summed E-state index contributed by atoms with van der Waals surface area (Å²) >= 11 is 2.99. The molecule has 0 aromatic carbocycles. The number of nitrogens with zero attached hydrogens (tertiary/aromatic N) is 3. The van der Waals surface area contributed by atoms with Gasteiger partial charge in [0.2, 0.25) is 0 Å². The molecule has 20 heavy (non-hydrogen) atoms. The Hall–Kier alpha value is -1.54. The number of thioether (sulfide) groups is 1. The van der Waals surface area contributed by atoms with E-state index in [1.807, 2.05) is 13.2 Å². The molecule has 0 aliphatic heterocycles. The molecule has 2 aromatic rings. The maximum absolute atomic E-state index is 12.1. The number of ether oxygens (including phenoxy) is 1. The fourth-order valence-electron chi connectivity index (χ4n) is 1.75. The van der Waals surface area contributed by atoms with E-state index in [0.717, 1.165) is 20.3 Å². The zero-order valence-corrected chi connectivity index (χ0v) is 13.3. The first-order chi connectivity index (χ1) is 9.63. The van der Waals surface area contributed by atoms with Crippen molar-refractivity contribution in [3.8, 4) is 0 Å². The van der Waals surface area contributed by atoms with Crippen LogP contribution in [0.1, 0.15) is 28.7 Å². The van der Waals surface area contributed by atoms with E-state index in [9.17, 15) is 4.79 Å². The molecule has 0 saturated carbocycles. The van der Waals surface area contributed by atoms with Crippen LogP contribution in [0.2, 0.25) is 0 Å². The van der Waals surface area contributed by atoms with Gasteiger partial charge in [-0.2, -0.15) is 5.10 Å². The zero-order chi connectivity index (χ0) is 14.7. The molecule has 0 unspecified atom stereocenters. The normalized spacial score (nSPS) is 11.4. The predicted molar refractivity (Wildman–Crippen MR) is 80.1 cm³/mol. The largest absolute Gasteiger partial charge is 0.461 e. The van der Waals surface area contributed by atoms with E-state index in [1.165, 1.54) is 30.2 Å². The van der Waals surface area contributed by atoms with E-state index in [1.54, 1.807) is 17.7 Å². The van der Waals surface area contributed by atoms with Crippen molar-refractivity contribution in [3.05, 3.63) is 17.0 Å². The molecule has 0 fully saturated rings. The molecule has 0 atom stereocenters. The summed E-state index contributed by atoms with van der Waals surface area (Å²) in [6, 6.07) is 0. The number of aromatic nitrogens is 2. The number of hydrogen-bond acceptors (Lipinski definition) is 7. The minimum Gasteiger partial charge on any atom is -0.461 e. The first-order valence-electron chi connectivity index (χ1n) is 5.93. The average Bonchev–Trinajstić information content (AvgIpc) is 2.91. The summed E-state index contributed by atoms with van der Waals surface area (Å²) in [6.45, 7) is 3.98. The Morgan fingerprint density at radius 1 is 1.60 bits per heavy atom. The number of fused-ring (bicyclic) bond motifs is 1. The smallest absolute Gasteiger partial charge is 0.359 e. The van der Waals surface area contributed by atoms with Gasteiger partial charge in [-0.05, 0) is 20.1 Å². The van der Waals surface area contributed by atoms with Crippen LogP contribution in [0.4, 0.5) is 0 Å². The maximum atomic E-state index is 12.1. The van der Waals surface area contributed by atoms with Crippen molar-refractivity contribution in [1.82, 2.24) is 9.61 Å². The second-order valence-corrected chi connectivity index (χ2v) is 5.87. The van der Waals surface area contributed by atoms with E-state index in [0.29, 0.717) is 12.3 Å². The van der Waals surface area contributed by atoms with Gasteiger partial charge in [0.1, 0.15) is 11.9 Å². The van der Waals surface area contributed by atoms with Gasteiger partial charge in [-0.1, -0.05) is 5.16 Å². The Balaban J connectivity index is 2.62. The van der Waals surface area contributed by atoms with Crippen molar-refractivity contribution in [3.63, 3.8) is 0 Å². The van der Waals surface area contributed by atoms with E-state index >= 15 is 0 Å². The predicted octanol–water partition coefficient (Wildman–Crippen LogP) is 2.58. The van der Waals surface area contributed by atoms with Crippen LogP contribution < -0.4 is 0 Å². The third kappa shape index (κ3) is 2.53. The van der Waals surface area contributed by atoms with Crippen molar-refractivity contribution in [1.29, 1.82) is 0 Å². The first kappa shape index (κ1) is 14.9. The molecule has 108 valence electrons. The van der Waals surface area contributed by atoms with Crippen LogP contribution >= 0.6 is 23.1 Å². The molecule has 2 heterocycles. The van der Waals surface area contributed by atoms with Crippen molar-refractivity contribution in [2.45, 2.75) is 18.1 Å². The van der Waals surface area contributed by atoms with Gasteiger partial charge in [0.25, 0.3) is 0 Å². The number of carbonyl (C=O) groups is 1. The lowest BCUT2D eigenvalue weighted by Gasteiger charge is -2.01. The summed E-state index contributed by atoms with van der Waals surface area (Å²) in [4.78, 5) is 17.7. The van der Waals surface area contributed by atoms with Gasteiger partial charge in [-0.15, -0.1) is 23.1 Å². The molecular weight excluding hydrogens is 298 g/mol. The second kappa shape index (κ2) is 6.27. The Morgan fingerprint density at radius 3 is 2.95 bits per heavy atom. The highest BCUT2D eigenvalue weighted by molar-refractivity contribution is 8.00. The van der Waals surface area contributed by atoms with E-state index in [-0.39, 0.29) is 5.97 Å². The molecule has 2 rings (SSSR count). The van der Waals surface area contributed by atoms with Crippen LogP contribution in [0.3, 0.4) is 0 Å². The van der Waals surface area contributed by atoms with Gasteiger partial charge in [0.15, 0.2) is 5.69 Å². The summed E-state index contributed by atoms with van der Waals surface area (Å²) in [5.41, 5.74) is 2.11. The molecule has 0 amide bonds. The lowest BCUT2D eigenvalue weighted by Crippen LogP contribution is -2.09. The minimum absolute atomic E-state index is 0.336. The topological polar surface area (TPSA) is 65.2 Å². The fourth-order valence-corrected chi connectivity index (χ4v) is 3.66. The summed E-state index contributed by atoms with van der Waals surface area (Å²) in [6.07, 6.45) is 3.52. The highest BCUT2D eigenvalue weighted by Gasteiger charge is 2.24. The quantitative estimate of drug-likeness (QED) is 0.367. The van der Waals surface area contributed by atoms with E-state index < -0.39 is 0 Å². The fraction of sp³-hybridized carbons (Fsp3) is 0.417. The van der Waals surface area contributed by atoms with E-state index in [2.05, 4.69) is 10.3 Å². The molecule has 0 radical (unpaired) electrons. The number of aryl methyl sites for hydroxylation is 1. The van der Waals surface area contributed by atoms with Gasteiger partial charge in [-0.25, -0.2) is 9.31 Å². The molecular formula is C12H15N3O3S2. The molecule has 6 nitrogen and oxygen atoms in total. The summed E-state index contributed by atoms with van der Waals surface area (Å²) in [5, 5.41) is 8.18. The van der Waals surface area contributed by atoms with Crippen LogP contribution in [-0.4, -0.2) is 41.8 Å². The first-order valence-corrected chi connectivity index (χ1v) is 7.97. The molecule has 2 aromatic heterocycles. The minimum atomic E-state index is -0.360. The number of thiazole rings is 1. The van der Waals surface area contributed by atoms with Crippen LogP contribution in [0.5, 0.6) is 0 Å². The maximum Gasteiger partial charge on any atom is 0.359 e. The van der Waals surface area contributed by atoms with Crippen molar-refractivity contribution in [2.24, 2.45) is 5.16 Å². The molecule has 0 aliphatic carbocycles. The Labute approximate surface area is 124 Å².